The molecule has 0 atom stereocenters. The minimum absolute atomic E-state index is 0.108. The lowest BCUT2D eigenvalue weighted by molar-refractivity contribution is -0.274. The molecule has 1 amide bonds. The van der Waals surface area contributed by atoms with Crippen LogP contribution in [0.3, 0.4) is 0 Å². The Morgan fingerprint density at radius 2 is 1.72 bits per heavy atom. The summed E-state index contributed by atoms with van der Waals surface area (Å²) in [4.78, 5) is 13.9. The third-order valence-corrected chi connectivity index (χ3v) is 3.62. The number of phenols is 1. The molecule has 0 radical (unpaired) electrons. The van der Waals surface area contributed by atoms with E-state index in [9.17, 15) is 23.1 Å². The molecule has 0 heterocycles. The van der Waals surface area contributed by atoms with Crippen molar-refractivity contribution in [2.24, 2.45) is 0 Å². The molecule has 4 nitrogen and oxygen atoms in total. The minimum Gasteiger partial charge on any atom is -0.507 e. The third-order valence-electron chi connectivity index (χ3n) is 3.62. The molecule has 0 saturated heterocycles. The Labute approximate surface area is 143 Å². The first kappa shape index (κ1) is 18.6. The number of ether oxygens (including phenoxy) is 1. The van der Waals surface area contributed by atoms with Gasteiger partial charge in [-0.3, -0.25) is 4.79 Å². The minimum atomic E-state index is -4.74. The zero-order chi connectivity index (χ0) is 18.6. The summed E-state index contributed by atoms with van der Waals surface area (Å²) < 4.78 is 40.2. The first-order valence-electron chi connectivity index (χ1n) is 7.61. The van der Waals surface area contributed by atoms with Gasteiger partial charge < -0.3 is 14.7 Å². The van der Waals surface area contributed by atoms with Crippen LogP contribution in [0.25, 0.3) is 0 Å². The van der Waals surface area contributed by atoms with Crippen molar-refractivity contribution in [3.05, 3.63) is 59.2 Å². The van der Waals surface area contributed by atoms with E-state index in [2.05, 4.69) is 4.74 Å². The normalized spacial score (nSPS) is 11.2. The van der Waals surface area contributed by atoms with Gasteiger partial charge in [-0.2, -0.15) is 0 Å². The lowest BCUT2D eigenvalue weighted by atomic mass is 10.1. The molecule has 25 heavy (non-hydrogen) atoms. The highest BCUT2D eigenvalue weighted by atomic mass is 19.4. The molecule has 0 fully saturated rings. The number of carbonyl (C=O) groups excluding carboxylic acids is 1. The molecular formula is C18H18F3NO3. The second-order valence-corrected chi connectivity index (χ2v) is 5.56. The van der Waals surface area contributed by atoms with Crippen molar-refractivity contribution >= 4 is 5.91 Å². The molecule has 0 aliphatic rings. The van der Waals surface area contributed by atoms with Crippen LogP contribution in [0.1, 0.15) is 28.4 Å². The molecule has 2 aromatic rings. The maximum atomic E-state index is 12.5. The molecule has 0 unspecified atom stereocenters. The topological polar surface area (TPSA) is 49.8 Å². The summed E-state index contributed by atoms with van der Waals surface area (Å²) in [5, 5.41) is 9.89. The van der Waals surface area contributed by atoms with E-state index in [0.717, 1.165) is 12.0 Å². The highest BCUT2D eigenvalue weighted by Gasteiger charge is 2.31. The molecule has 0 spiro atoms. The van der Waals surface area contributed by atoms with Crippen LogP contribution in [0.4, 0.5) is 13.2 Å². The first-order valence-corrected chi connectivity index (χ1v) is 7.61. The molecule has 0 aromatic heterocycles. The van der Waals surface area contributed by atoms with Crippen molar-refractivity contribution in [1.29, 1.82) is 0 Å². The van der Waals surface area contributed by atoms with Crippen molar-refractivity contribution in [2.75, 3.05) is 7.05 Å². The molecule has 0 bridgehead atoms. The van der Waals surface area contributed by atoms with Gasteiger partial charge in [0.25, 0.3) is 5.91 Å². The van der Waals surface area contributed by atoms with Gasteiger partial charge in [-0.25, -0.2) is 0 Å². The average Bonchev–Trinajstić information content (AvgIpc) is 2.55. The zero-order valence-electron chi connectivity index (χ0n) is 13.8. The molecule has 0 aliphatic heterocycles. The van der Waals surface area contributed by atoms with Gasteiger partial charge in [0.15, 0.2) is 0 Å². The number of carbonyl (C=O) groups is 1. The molecular weight excluding hydrogens is 335 g/mol. The van der Waals surface area contributed by atoms with Crippen LogP contribution >= 0.6 is 0 Å². The Bertz CT molecular complexity index is 742. The monoisotopic (exact) mass is 353 g/mol. The Balaban J connectivity index is 2.09. The molecule has 7 heteroatoms. The number of benzene rings is 2. The van der Waals surface area contributed by atoms with Gasteiger partial charge in [0, 0.05) is 13.6 Å². The van der Waals surface area contributed by atoms with E-state index in [1.54, 1.807) is 19.2 Å². The predicted molar refractivity (Wildman–Crippen MR) is 86.4 cm³/mol. The zero-order valence-corrected chi connectivity index (χ0v) is 13.8. The summed E-state index contributed by atoms with van der Waals surface area (Å²) in [5.41, 5.74) is 1.75. The standard InChI is InChI=1S/C18H18F3NO3/c1-3-12-6-9-16(23)15(10-12)17(24)22(2)11-13-4-7-14(8-5-13)25-18(19,20)21/h4-10,23H,3,11H2,1-2H3. The van der Waals surface area contributed by atoms with Gasteiger partial charge in [0.05, 0.1) is 5.56 Å². The van der Waals surface area contributed by atoms with E-state index in [1.807, 2.05) is 6.92 Å². The maximum Gasteiger partial charge on any atom is 0.573 e. The number of rotatable bonds is 5. The summed E-state index contributed by atoms with van der Waals surface area (Å²) in [6.45, 7) is 2.12. The van der Waals surface area contributed by atoms with Crippen molar-refractivity contribution < 1.29 is 27.8 Å². The highest BCUT2D eigenvalue weighted by molar-refractivity contribution is 5.96. The van der Waals surface area contributed by atoms with Crippen molar-refractivity contribution in [3.63, 3.8) is 0 Å². The van der Waals surface area contributed by atoms with Crippen LogP contribution in [0, 0.1) is 0 Å². The molecule has 0 aliphatic carbocycles. The maximum absolute atomic E-state index is 12.5. The van der Waals surface area contributed by atoms with Crippen molar-refractivity contribution in [3.8, 4) is 11.5 Å². The number of aromatic hydroxyl groups is 1. The molecule has 0 saturated carbocycles. The number of nitrogens with zero attached hydrogens (tertiary/aromatic N) is 1. The van der Waals surface area contributed by atoms with Gasteiger partial charge in [0.2, 0.25) is 0 Å². The number of halogens is 3. The van der Waals surface area contributed by atoms with Crippen molar-refractivity contribution in [1.82, 2.24) is 4.90 Å². The number of phenolic OH excluding ortho intramolecular Hbond substituents is 1. The summed E-state index contributed by atoms with van der Waals surface area (Å²) in [5.74, 6) is -0.801. The van der Waals surface area contributed by atoms with Gasteiger partial charge in [0.1, 0.15) is 11.5 Å². The van der Waals surface area contributed by atoms with Gasteiger partial charge in [-0.1, -0.05) is 25.1 Å². The number of amides is 1. The second kappa shape index (κ2) is 7.46. The van der Waals surface area contributed by atoms with Crippen LogP contribution in [-0.4, -0.2) is 29.3 Å². The fraction of sp³-hybridized carbons (Fsp3) is 0.278. The van der Waals surface area contributed by atoms with E-state index in [4.69, 9.17) is 0 Å². The third kappa shape index (κ3) is 5.14. The fourth-order valence-corrected chi connectivity index (χ4v) is 2.32. The molecule has 2 rings (SSSR count). The number of hydrogen-bond acceptors (Lipinski definition) is 3. The van der Waals surface area contributed by atoms with E-state index < -0.39 is 6.36 Å². The second-order valence-electron chi connectivity index (χ2n) is 5.56. The quantitative estimate of drug-likeness (QED) is 0.879. The molecule has 1 N–H and O–H groups in total. The number of hydrogen-bond donors (Lipinski definition) is 1. The first-order chi connectivity index (χ1) is 11.7. The fourth-order valence-electron chi connectivity index (χ4n) is 2.32. The Morgan fingerprint density at radius 1 is 1.12 bits per heavy atom. The van der Waals surface area contributed by atoms with Crippen LogP contribution in [-0.2, 0) is 13.0 Å². The van der Waals surface area contributed by atoms with E-state index in [0.29, 0.717) is 5.56 Å². The molecule has 134 valence electrons. The Hall–Kier alpha value is -2.70. The van der Waals surface area contributed by atoms with Gasteiger partial charge >= 0.3 is 6.36 Å². The summed E-state index contributed by atoms with van der Waals surface area (Å²) in [6.07, 6.45) is -4.01. The molecule has 2 aromatic carbocycles. The average molecular weight is 353 g/mol. The number of aryl methyl sites for hydroxylation is 1. The predicted octanol–water partition coefficient (Wildman–Crippen LogP) is 4.13. The smallest absolute Gasteiger partial charge is 0.507 e. The Morgan fingerprint density at radius 3 is 2.28 bits per heavy atom. The van der Waals surface area contributed by atoms with Gasteiger partial charge in [-0.05, 0) is 41.8 Å². The van der Waals surface area contributed by atoms with Crippen LogP contribution < -0.4 is 4.74 Å². The van der Waals surface area contributed by atoms with Crippen LogP contribution in [0.5, 0.6) is 11.5 Å². The van der Waals surface area contributed by atoms with Crippen LogP contribution in [0.2, 0.25) is 0 Å². The lowest BCUT2D eigenvalue weighted by Crippen LogP contribution is -2.26. The summed E-state index contributed by atoms with van der Waals surface area (Å²) in [7, 11) is 1.56. The number of alkyl halides is 3. The van der Waals surface area contributed by atoms with E-state index in [1.165, 1.54) is 35.2 Å². The van der Waals surface area contributed by atoms with Gasteiger partial charge in [-0.15, -0.1) is 13.2 Å². The SMILES string of the molecule is CCc1ccc(O)c(C(=O)N(C)Cc2ccc(OC(F)(F)F)cc2)c1. The van der Waals surface area contributed by atoms with E-state index >= 15 is 0 Å². The highest BCUT2D eigenvalue weighted by Crippen LogP contribution is 2.24. The largest absolute Gasteiger partial charge is 0.573 e. The van der Waals surface area contributed by atoms with E-state index in [-0.39, 0.29) is 29.5 Å². The Kier molecular flexibility index (Phi) is 5.56. The van der Waals surface area contributed by atoms with Crippen LogP contribution in [0.15, 0.2) is 42.5 Å². The lowest BCUT2D eigenvalue weighted by Gasteiger charge is -2.19. The summed E-state index contributed by atoms with van der Waals surface area (Å²) in [6, 6.07) is 10.1. The summed E-state index contributed by atoms with van der Waals surface area (Å²) >= 11 is 0. The van der Waals surface area contributed by atoms with Crippen molar-refractivity contribution in [2.45, 2.75) is 26.3 Å².